The summed E-state index contributed by atoms with van der Waals surface area (Å²) < 4.78 is 10.5. The number of nitrogens with one attached hydrogen (secondary N) is 1. The van der Waals surface area contributed by atoms with E-state index in [-0.39, 0.29) is 10.8 Å². The minimum absolute atomic E-state index is 0.108. The molecule has 1 aliphatic heterocycles. The first kappa shape index (κ1) is 17.6. The van der Waals surface area contributed by atoms with Gasteiger partial charge in [0.15, 0.2) is 17.3 Å². The number of Topliss-reactive ketones (excluding diaryl/α,β-unsaturated/α-hetero) is 1. The molecule has 0 spiro atoms. The summed E-state index contributed by atoms with van der Waals surface area (Å²) in [7, 11) is 3.14. The van der Waals surface area contributed by atoms with E-state index in [9.17, 15) is 4.79 Å². The van der Waals surface area contributed by atoms with E-state index in [4.69, 9.17) is 14.9 Å². The van der Waals surface area contributed by atoms with Gasteiger partial charge in [0.1, 0.15) is 15.9 Å². The highest BCUT2D eigenvalue weighted by atomic mass is 32.2. The van der Waals surface area contributed by atoms with Gasteiger partial charge >= 0.3 is 0 Å². The summed E-state index contributed by atoms with van der Waals surface area (Å²) in [6.45, 7) is 1.99. The first-order valence-corrected chi connectivity index (χ1v) is 9.27. The van der Waals surface area contributed by atoms with Gasteiger partial charge in [-0.15, -0.1) is 21.5 Å². The van der Waals surface area contributed by atoms with Gasteiger partial charge in [0, 0.05) is 0 Å². The Hall–Kier alpha value is -2.19. The quantitative estimate of drug-likeness (QED) is 0.805. The second-order valence-electron chi connectivity index (χ2n) is 5.27. The molecule has 25 heavy (non-hydrogen) atoms. The summed E-state index contributed by atoms with van der Waals surface area (Å²) in [6, 6.07) is 5.44. The molecule has 2 aromatic rings. The number of ether oxygens (including phenoxy) is 2. The van der Waals surface area contributed by atoms with Crippen molar-refractivity contribution in [2.45, 2.75) is 19.3 Å². The number of hydrogen-bond donors (Lipinski definition) is 1. The molecular formula is C17H17N3O3S2. The molecule has 1 atom stereocenters. The molecule has 0 saturated carbocycles. The number of aryl methyl sites for hydroxylation is 1. The van der Waals surface area contributed by atoms with Gasteiger partial charge in [-0.1, -0.05) is 24.8 Å². The first-order chi connectivity index (χ1) is 12.1. The second-order valence-corrected chi connectivity index (χ2v) is 7.45. The van der Waals surface area contributed by atoms with Crippen molar-refractivity contribution in [3.8, 4) is 11.5 Å². The molecule has 0 unspecified atom stereocenters. The largest absolute Gasteiger partial charge is 0.493 e. The van der Waals surface area contributed by atoms with E-state index in [0.717, 1.165) is 17.0 Å². The van der Waals surface area contributed by atoms with Gasteiger partial charge in [-0.3, -0.25) is 10.2 Å². The van der Waals surface area contributed by atoms with E-state index in [0.29, 0.717) is 21.4 Å². The predicted octanol–water partition coefficient (Wildman–Crippen LogP) is 3.54. The Morgan fingerprint density at radius 1 is 1.24 bits per heavy atom. The molecule has 1 saturated heterocycles. The zero-order valence-corrected chi connectivity index (χ0v) is 15.7. The zero-order valence-electron chi connectivity index (χ0n) is 14.0. The summed E-state index contributed by atoms with van der Waals surface area (Å²) in [6.07, 6.45) is 2.54. The van der Waals surface area contributed by atoms with E-state index < -0.39 is 5.92 Å². The highest BCUT2D eigenvalue weighted by Gasteiger charge is 2.39. The van der Waals surface area contributed by atoms with E-state index >= 15 is 0 Å². The van der Waals surface area contributed by atoms with Crippen molar-refractivity contribution in [1.82, 2.24) is 10.2 Å². The van der Waals surface area contributed by atoms with Crippen LogP contribution in [0.15, 0.2) is 23.1 Å². The Morgan fingerprint density at radius 2 is 2.00 bits per heavy atom. The van der Waals surface area contributed by atoms with Crippen LogP contribution in [0.1, 0.15) is 28.4 Å². The van der Waals surface area contributed by atoms with Crippen molar-refractivity contribution >= 4 is 40.0 Å². The van der Waals surface area contributed by atoms with Crippen LogP contribution < -0.4 is 9.47 Å². The Bertz CT molecular complexity index is 861. The van der Waals surface area contributed by atoms with Gasteiger partial charge in [0.05, 0.1) is 24.2 Å². The maximum Gasteiger partial charge on any atom is 0.186 e. The number of aromatic nitrogens is 2. The first-order valence-electron chi connectivity index (χ1n) is 7.63. The number of ketones is 1. The molecule has 2 heterocycles. The maximum absolute atomic E-state index is 12.7. The summed E-state index contributed by atoms with van der Waals surface area (Å²) >= 11 is 2.57. The SMILES string of the molecule is CCc1nnc([C@@H]2C(=N)S/C(=C\c3ccc(OC)c(OC)c3)C2=O)s1. The standard InChI is InChI=1S/C17H17N3O3S2/c1-4-13-19-20-17(25-13)14-15(21)12(24-16(14)18)8-9-5-6-10(22-2)11(7-9)23-3/h5-8,14,18H,4H2,1-3H3/b12-8-,18-16?/t14-/m0/s1. The average Bonchev–Trinajstić information content (AvgIpc) is 3.19. The molecule has 6 nitrogen and oxygen atoms in total. The van der Waals surface area contributed by atoms with Crippen molar-refractivity contribution in [2.75, 3.05) is 14.2 Å². The minimum Gasteiger partial charge on any atom is -0.493 e. The summed E-state index contributed by atoms with van der Waals surface area (Å²) in [5.41, 5.74) is 0.813. The van der Waals surface area contributed by atoms with Crippen LogP contribution >= 0.6 is 23.1 Å². The molecule has 0 amide bonds. The van der Waals surface area contributed by atoms with Gasteiger partial charge in [-0.25, -0.2) is 0 Å². The van der Waals surface area contributed by atoms with Gasteiger partial charge in [-0.05, 0) is 30.2 Å². The number of carbonyl (C=O) groups excluding carboxylic acids is 1. The molecule has 1 aromatic carbocycles. The van der Waals surface area contributed by atoms with Crippen LogP contribution in [0.5, 0.6) is 11.5 Å². The number of rotatable bonds is 5. The van der Waals surface area contributed by atoms with Crippen molar-refractivity contribution < 1.29 is 14.3 Å². The molecule has 8 heteroatoms. The lowest BCUT2D eigenvalue weighted by Gasteiger charge is -2.08. The van der Waals surface area contributed by atoms with Crippen molar-refractivity contribution in [1.29, 1.82) is 5.41 Å². The van der Waals surface area contributed by atoms with Crippen molar-refractivity contribution in [3.63, 3.8) is 0 Å². The van der Waals surface area contributed by atoms with E-state index in [1.165, 1.54) is 23.1 Å². The normalized spacial score (nSPS) is 18.8. The fourth-order valence-corrected chi connectivity index (χ4v) is 4.39. The number of benzene rings is 1. The molecule has 1 fully saturated rings. The maximum atomic E-state index is 12.7. The van der Waals surface area contributed by atoms with Crippen molar-refractivity contribution in [2.24, 2.45) is 0 Å². The Balaban J connectivity index is 1.90. The average molecular weight is 375 g/mol. The predicted molar refractivity (Wildman–Crippen MR) is 99.9 cm³/mol. The number of allylic oxidation sites excluding steroid dienone is 1. The zero-order chi connectivity index (χ0) is 18.0. The fourth-order valence-electron chi connectivity index (χ4n) is 2.43. The Labute approximate surface area is 153 Å². The Kier molecular flexibility index (Phi) is 5.19. The van der Waals surface area contributed by atoms with Crippen LogP contribution in [0.25, 0.3) is 6.08 Å². The third kappa shape index (κ3) is 3.45. The monoisotopic (exact) mass is 375 g/mol. The second kappa shape index (κ2) is 7.37. The number of carbonyl (C=O) groups is 1. The molecule has 1 N–H and O–H groups in total. The summed E-state index contributed by atoms with van der Waals surface area (Å²) in [4.78, 5) is 13.3. The number of methoxy groups -OCH3 is 2. The van der Waals surface area contributed by atoms with E-state index in [1.807, 2.05) is 13.0 Å². The molecule has 0 aliphatic carbocycles. The molecule has 1 aliphatic rings. The van der Waals surface area contributed by atoms with Crippen LogP contribution in [0.4, 0.5) is 0 Å². The molecule has 130 valence electrons. The highest BCUT2D eigenvalue weighted by molar-refractivity contribution is 8.19. The van der Waals surface area contributed by atoms with Gasteiger partial charge in [0.2, 0.25) is 0 Å². The van der Waals surface area contributed by atoms with Gasteiger partial charge in [0.25, 0.3) is 0 Å². The molecule has 3 rings (SSSR count). The lowest BCUT2D eigenvalue weighted by Crippen LogP contribution is -2.11. The van der Waals surface area contributed by atoms with Crippen LogP contribution in [0.3, 0.4) is 0 Å². The summed E-state index contributed by atoms with van der Waals surface area (Å²) in [5, 5.41) is 18.1. The number of nitrogens with zero attached hydrogens (tertiary/aromatic N) is 2. The molecule has 0 bridgehead atoms. The van der Waals surface area contributed by atoms with Crippen LogP contribution in [-0.4, -0.2) is 35.2 Å². The summed E-state index contributed by atoms with van der Waals surface area (Å²) in [5.74, 6) is 0.482. The van der Waals surface area contributed by atoms with Gasteiger partial charge < -0.3 is 9.47 Å². The number of hydrogen-bond acceptors (Lipinski definition) is 8. The molecule has 0 radical (unpaired) electrons. The lowest BCUT2D eigenvalue weighted by atomic mass is 10.1. The molecular weight excluding hydrogens is 358 g/mol. The van der Waals surface area contributed by atoms with Crippen LogP contribution in [0.2, 0.25) is 0 Å². The van der Waals surface area contributed by atoms with E-state index in [1.54, 1.807) is 32.4 Å². The van der Waals surface area contributed by atoms with Crippen LogP contribution in [-0.2, 0) is 11.2 Å². The van der Waals surface area contributed by atoms with E-state index in [2.05, 4.69) is 10.2 Å². The van der Waals surface area contributed by atoms with Gasteiger partial charge in [-0.2, -0.15) is 0 Å². The smallest absolute Gasteiger partial charge is 0.186 e. The topological polar surface area (TPSA) is 85.2 Å². The Morgan fingerprint density at radius 3 is 2.64 bits per heavy atom. The van der Waals surface area contributed by atoms with Crippen molar-refractivity contribution in [3.05, 3.63) is 38.7 Å². The third-order valence-electron chi connectivity index (χ3n) is 3.72. The molecule has 1 aromatic heterocycles. The highest BCUT2D eigenvalue weighted by Crippen LogP contribution is 2.42. The number of thioether (sulfide) groups is 1. The lowest BCUT2D eigenvalue weighted by molar-refractivity contribution is -0.114. The minimum atomic E-state index is -0.630. The fraction of sp³-hybridized carbons (Fsp3) is 0.294. The van der Waals surface area contributed by atoms with Crippen LogP contribution in [0, 0.1) is 5.41 Å². The third-order valence-corrected chi connectivity index (χ3v) is 5.85.